The van der Waals surface area contributed by atoms with E-state index in [0.717, 1.165) is 44.9 Å². The van der Waals surface area contributed by atoms with Gasteiger partial charge in [0.25, 0.3) is 17.7 Å². The van der Waals surface area contributed by atoms with Crippen molar-refractivity contribution in [3.8, 4) is 5.88 Å². The highest BCUT2D eigenvalue weighted by molar-refractivity contribution is 6.38. The Morgan fingerprint density at radius 3 is 2.26 bits per heavy atom. The summed E-state index contributed by atoms with van der Waals surface area (Å²) in [6.07, 6.45) is 7.53. The third-order valence-electron chi connectivity index (χ3n) is 11.2. The Balaban J connectivity index is 1.36. The summed E-state index contributed by atoms with van der Waals surface area (Å²) in [5.41, 5.74) is -1.32. The molecule has 5 rings (SSSR count). The first-order valence-electron chi connectivity index (χ1n) is 19.6. The number of hydrogen-bond donors (Lipinski definition) is 3. The number of ether oxygens (including phenoxy) is 1. The van der Waals surface area contributed by atoms with Crippen LogP contribution in [0.15, 0.2) is 10.6 Å². The third kappa shape index (κ3) is 9.59. The third-order valence-corrected chi connectivity index (χ3v) is 11.2. The number of amides is 5. The van der Waals surface area contributed by atoms with Gasteiger partial charge in [0.05, 0.1) is 6.07 Å². The number of nitrogens with zero attached hydrogens (tertiary/aromatic N) is 3. The van der Waals surface area contributed by atoms with E-state index in [-0.39, 0.29) is 41.3 Å². The molecule has 2 bridgehead atoms. The van der Waals surface area contributed by atoms with Crippen molar-refractivity contribution in [3.63, 3.8) is 0 Å². The van der Waals surface area contributed by atoms with Gasteiger partial charge in [-0.1, -0.05) is 60.3 Å². The molecule has 0 spiro atoms. The molecule has 6 atom stereocenters. The lowest BCUT2D eigenvalue weighted by Crippen LogP contribution is -2.62. The molecule has 2 aliphatic heterocycles. The lowest BCUT2D eigenvalue weighted by atomic mass is 9.82. The molecule has 4 fully saturated rings. The van der Waals surface area contributed by atoms with E-state index in [0.29, 0.717) is 32.4 Å². The van der Waals surface area contributed by atoms with Crippen LogP contribution in [0.5, 0.6) is 5.88 Å². The van der Waals surface area contributed by atoms with Crippen molar-refractivity contribution in [1.82, 2.24) is 30.9 Å². The first-order chi connectivity index (χ1) is 24.9. The molecule has 53 heavy (non-hydrogen) atoms. The number of nitrogens with one attached hydrogen (secondary N) is 3. The van der Waals surface area contributed by atoms with Crippen LogP contribution in [0.25, 0.3) is 0 Å². The van der Waals surface area contributed by atoms with Crippen molar-refractivity contribution in [2.75, 3.05) is 13.1 Å². The topological polar surface area (TPSA) is 180 Å². The number of rotatable bonds is 13. The lowest BCUT2D eigenvalue weighted by Gasteiger charge is -2.40. The summed E-state index contributed by atoms with van der Waals surface area (Å²) < 4.78 is 11.0. The number of carbonyl (C=O) groups is 6. The van der Waals surface area contributed by atoms with Gasteiger partial charge in [0.15, 0.2) is 0 Å². The second-order valence-corrected chi connectivity index (χ2v) is 17.7. The van der Waals surface area contributed by atoms with Crippen LogP contribution in [0.3, 0.4) is 0 Å². The second-order valence-electron chi connectivity index (χ2n) is 17.7. The monoisotopic (exact) mass is 740 g/mol. The Kier molecular flexibility index (Phi) is 12.3. The SMILES string of the molecule is CCC[C@@H](C(=O)C(=O)NC1CC1)N1CC[C@H]2CN(C(=O)[C@@H](NC(=O)[C@@H](NC(=O)c3cc(OC(C)(C)C)no3)C3CCCCC3)C(C)(C)C)[C@H](C1=O)[C@H]2C. The molecule has 2 saturated carbocycles. The number of ketones is 1. The van der Waals surface area contributed by atoms with Crippen molar-refractivity contribution in [2.24, 2.45) is 23.2 Å². The number of hydrogen-bond acceptors (Lipinski definition) is 9. The van der Waals surface area contributed by atoms with E-state index in [1.165, 1.54) is 11.0 Å². The highest BCUT2D eigenvalue weighted by Crippen LogP contribution is 2.39. The van der Waals surface area contributed by atoms with E-state index >= 15 is 0 Å². The van der Waals surface area contributed by atoms with Gasteiger partial charge in [-0.2, -0.15) is 0 Å². The van der Waals surface area contributed by atoms with Crippen molar-refractivity contribution in [2.45, 2.75) is 155 Å². The molecule has 294 valence electrons. The van der Waals surface area contributed by atoms with E-state index in [1.54, 1.807) is 4.90 Å². The Morgan fingerprint density at radius 1 is 0.981 bits per heavy atom. The summed E-state index contributed by atoms with van der Waals surface area (Å²) in [6.45, 7) is 15.7. The molecular weight excluding hydrogens is 680 g/mol. The molecule has 3 heterocycles. The Morgan fingerprint density at radius 2 is 1.66 bits per heavy atom. The van der Waals surface area contributed by atoms with Gasteiger partial charge in [-0.05, 0) is 87.6 Å². The molecule has 0 radical (unpaired) electrons. The normalized spacial score (nSPS) is 24.2. The van der Waals surface area contributed by atoms with Crippen molar-refractivity contribution < 1.29 is 38.0 Å². The smallest absolute Gasteiger partial charge is 0.290 e. The van der Waals surface area contributed by atoms with E-state index in [4.69, 9.17) is 9.26 Å². The molecule has 2 aliphatic carbocycles. The van der Waals surface area contributed by atoms with Gasteiger partial charge in [-0.15, -0.1) is 0 Å². The molecule has 14 nitrogen and oxygen atoms in total. The zero-order valence-corrected chi connectivity index (χ0v) is 32.8. The van der Waals surface area contributed by atoms with Gasteiger partial charge in [-0.3, -0.25) is 28.8 Å². The van der Waals surface area contributed by atoms with Crippen molar-refractivity contribution >= 4 is 35.3 Å². The van der Waals surface area contributed by atoms with Gasteiger partial charge in [0.1, 0.15) is 29.8 Å². The average molecular weight is 741 g/mol. The summed E-state index contributed by atoms with van der Waals surface area (Å²) in [5, 5.41) is 12.5. The maximum atomic E-state index is 14.7. The van der Waals surface area contributed by atoms with Crippen LogP contribution >= 0.6 is 0 Å². The standard InChI is InChI=1S/C39H60N6O8/c1-9-13-26(31(46)35(49)40-25-16-17-25)44-19-18-24-21-45(30(22(24)2)36(44)50)37(51)32(38(3,4)5)42-34(48)29(23-14-11-10-12-15-23)41-33(47)27-20-28(43-53-27)52-39(6,7)8/h20,22-26,29-30,32H,9-19,21H2,1-8H3,(H,40,49)(H,41,47)(H,42,48)/t22-,24-,26-,29-,30-,32+/m0/s1. The minimum atomic E-state index is -1.03. The van der Waals surface area contributed by atoms with Crippen LogP contribution in [0.2, 0.25) is 0 Å². The van der Waals surface area contributed by atoms with Crippen molar-refractivity contribution in [3.05, 3.63) is 11.8 Å². The molecule has 4 aliphatic rings. The predicted octanol–water partition coefficient (Wildman–Crippen LogP) is 3.77. The summed E-state index contributed by atoms with van der Waals surface area (Å²) >= 11 is 0. The zero-order chi connectivity index (χ0) is 38.8. The van der Waals surface area contributed by atoms with E-state index < -0.39 is 64.6 Å². The summed E-state index contributed by atoms with van der Waals surface area (Å²) in [7, 11) is 0. The minimum absolute atomic E-state index is 0.00442. The molecule has 2 saturated heterocycles. The van der Waals surface area contributed by atoms with E-state index in [2.05, 4.69) is 21.1 Å². The highest BCUT2D eigenvalue weighted by Gasteiger charge is 2.53. The molecule has 1 aromatic heterocycles. The number of fused-ring (bicyclic) bond motifs is 2. The fourth-order valence-corrected chi connectivity index (χ4v) is 8.10. The van der Waals surface area contributed by atoms with Gasteiger partial charge in [-0.25, -0.2) is 0 Å². The fourth-order valence-electron chi connectivity index (χ4n) is 8.10. The average Bonchev–Trinajstić information content (AvgIpc) is 3.70. The number of carbonyl (C=O) groups excluding carboxylic acids is 6. The van der Waals surface area contributed by atoms with Crippen LogP contribution in [-0.2, 0) is 24.0 Å². The maximum absolute atomic E-state index is 14.7. The molecule has 1 aromatic rings. The van der Waals surface area contributed by atoms with Gasteiger partial charge < -0.3 is 35.0 Å². The fraction of sp³-hybridized carbons (Fsp3) is 0.769. The highest BCUT2D eigenvalue weighted by atomic mass is 16.6. The summed E-state index contributed by atoms with van der Waals surface area (Å²) in [4.78, 5) is 86.3. The number of Topliss-reactive ketones (excluding diaryl/α,β-unsaturated/α-hetero) is 1. The minimum Gasteiger partial charge on any atom is -0.470 e. The Hall–Kier alpha value is -3.97. The maximum Gasteiger partial charge on any atom is 0.290 e. The molecule has 5 amide bonds. The van der Waals surface area contributed by atoms with E-state index in [1.807, 2.05) is 55.4 Å². The van der Waals surface area contributed by atoms with Crippen LogP contribution in [0, 0.1) is 23.2 Å². The number of likely N-dealkylation sites (tertiary alicyclic amines) is 2. The Bertz CT molecular complexity index is 1530. The van der Waals surface area contributed by atoms with Crippen LogP contribution in [-0.4, -0.2) is 99.2 Å². The first-order valence-corrected chi connectivity index (χ1v) is 19.6. The predicted molar refractivity (Wildman–Crippen MR) is 195 cm³/mol. The van der Waals surface area contributed by atoms with Gasteiger partial charge in [0, 0.05) is 19.1 Å². The lowest BCUT2D eigenvalue weighted by molar-refractivity contribution is -0.153. The second kappa shape index (κ2) is 16.2. The first kappa shape index (κ1) is 40.2. The molecule has 3 N–H and O–H groups in total. The van der Waals surface area contributed by atoms with Crippen LogP contribution in [0.1, 0.15) is 130 Å². The van der Waals surface area contributed by atoms with E-state index in [9.17, 15) is 28.8 Å². The molecule has 0 aromatic carbocycles. The summed E-state index contributed by atoms with van der Waals surface area (Å²) in [6, 6.07) is -2.32. The molecule has 0 unspecified atom stereocenters. The van der Waals surface area contributed by atoms with Gasteiger partial charge >= 0.3 is 0 Å². The van der Waals surface area contributed by atoms with Crippen LogP contribution in [0.4, 0.5) is 0 Å². The summed E-state index contributed by atoms with van der Waals surface area (Å²) in [5.74, 6) is -3.40. The number of aromatic nitrogens is 1. The van der Waals surface area contributed by atoms with Gasteiger partial charge in [0.2, 0.25) is 29.3 Å². The molecule has 14 heteroatoms. The largest absolute Gasteiger partial charge is 0.470 e. The van der Waals surface area contributed by atoms with Crippen LogP contribution < -0.4 is 20.7 Å². The quantitative estimate of drug-likeness (QED) is 0.254. The Labute approximate surface area is 313 Å². The molecular formula is C39H60N6O8. The van der Waals surface area contributed by atoms with Crippen molar-refractivity contribution in [1.29, 1.82) is 0 Å². The zero-order valence-electron chi connectivity index (χ0n) is 32.8.